The molecule has 0 saturated heterocycles. The van der Waals surface area contributed by atoms with Crippen LogP contribution >= 0.6 is 23.2 Å². The van der Waals surface area contributed by atoms with E-state index >= 15 is 0 Å². The Hall–Kier alpha value is -2.24. The highest BCUT2D eigenvalue weighted by molar-refractivity contribution is 6.42. The fraction of sp³-hybridized carbons (Fsp3) is 0.417. The number of amides is 2. The molecule has 0 spiro atoms. The van der Waals surface area contributed by atoms with Gasteiger partial charge in [-0.3, -0.25) is 9.59 Å². The molecule has 1 fully saturated rings. The Balaban J connectivity index is 1.77. The molecule has 1 aliphatic rings. The molecule has 1 aliphatic carbocycles. The van der Waals surface area contributed by atoms with E-state index in [-0.39, 0.29) is 31.0 Å². The van der Waals surface area contributed by atoms with Crippen LogP contribution in [0.1, 0.15) is 44.6 Å². The van der Waals surface area contributed by atoms with Crippen LogP contribution in [0.3, 0.4) is 0 Å². The van der Waals surface area contributed by atoms with E-state index in [0.29, 0.717) is 22.2 Å². The third kappa shape index (κ3) is 6.62. The molecule has 5 nitrogen and oxygen atoms in total. The van der Waals surface area contributed by atoms with E-state index in [4.69, 9.17) is 27.9 Å². The van der Waals surface area contributed by atoms with Crippen LogP contribution in [0.25, 0.3) is 0 Å². The number of hydrogen-bond acceptors (Lipinski definition) is 3. The van der Waals surface area contributed by atoms with Crippen LogP contribution in [0.2, 0.25) is 10.0 Å². The molecule has 1 atom stereocenters. The summed E-state index contributed by atoms with van der Waals surface area (Å²) in [5.74, 6) is 0.222. The summed E-state index contributed by atoms with van der Waals surface area (Å²) in [6, 6.07) is 14.0. The summed E-state index contributed by atoms with van der Waals surface area (Å²) in [5, 5.41) is 3.98. The first-order chi connectivity index (χ1) is 15.0. The van der Waals surface area contributed by atoms with Gasteiger partial charge in [0.05, 0.1) is 10.0 Å². The van der Waals surface area contributed by atoms with Crippen molar-refractivity contribution >= 4 is 35.0 Å². The van der Waals surface area contributed by atoms with Crippen LogP contribution in [0.5, 0.6) is 5.75 Å². The molecular weight excluding hydrogens is 435 g/mol. The Morgan fingerprint density at radius 3 is 2.45 bits per heavy atom. The van der Waals surface area contributed by atoms with Gasteiger partial charge in [-0.15, -0.1) is 0 Å². The largest absolute Gasteiger partial charge is 0.484 e. The predicted molar refractivity (Wildman–Crippen MR) is 123 cm³/mol. The number of carbonyl (C=O) groups excluding carboxylic acids is 2. The second kappa shape index (κ2) is 11.4. The minimum atomic E-state index is -0.595. The summed E-state index contributed by atoms with van der Waals surface area (Å²) in [4.78, 5) is 27.8. The number of nitrogens with one attached hydrogen (secondary N) is 1. The van der Waals surface area contributed by atoms with Gasteiger partial charge in [0, 0.05) is 12.6 Å². The van der Waals surface area contributed by atoms with Gasteiger partial charge in [-0.1, -0.05) is 67.2 Å². The maximum absolute atomic E-state index is 13.2. The van der Waals surface area contributed by atoms with Gasteiger partial charge in [-0.05, 0) is 49.1 Å². The fourth-order valence-corrected chi connectivity index (χ4v) is 4.19. The van der Waals surface area contributed by atoms with Gasteiger partial charge in [0.25, 0.3) is 5.91 Å². The van der Waals surface area contributed by atoms with Crippen LogP contribution in [-0.2, 0) is 16.1 Å². The predicted octanol–water partition coefficient (Wildman–Crippen LogP) is 5.24. The van der Waals surface area contributed by atoms with Crippen molar-refractivity contribution in [1.82, 2.24) is 10.2 Å². The lowest BCUT2D eigenvalue weighted by molar-refractivity contribution is -0.143. The minimum Gasteiger partial charge on any atom is -0.484 e. The third-order valence-corrected chi connectivity index (χ3v) is 6.27. The van der Waals surface area contributed by atoms with Crippen LogP contribution < -0.4 is 10.1 Å². The van der Waals surface area contributed by atoms with Crippen molar-refractivity contribution in [2.45, 2.75) is 57.7 Å². The number of benzene rings is 2. The summed E-state index contributed by atoms with van der Waals surface area (Å²) >= 11 is 12.2. The second-order valence-corrected chi connectivity index (χ2v) is 8.60. The monoisotopic (exact) mass is 462 g/mol. The molecule has 0 aromatic heterocycles. The molecule has 0 unspecified atom stereocenters. The molecule has 2 aromatic carbocycles. The first-order valence-corrected chi connectivity index (χ1v) is 11.4. The van der Waals surface area contributed by atoms with E-state index in [0.717, 1.165) is 31.2 Å². The Bertz CT molecular complexity index is 886. The standard InChI is InChI=1S/C24H28Cl2N2O3/c1-2-22(24(30)27-18-8-6-7-9-18)28(15-17-12-13-20(25)21(26)14-17)23(29)16-31-19-10-4-3-5-11-19/h3-5,10-14,18,22H,2,6-9,15-16H2,1H3,(H,27,30)/t22-/m0/s1. The molecule has 0 radical (unpaired) electrons. The molecule has 0 aliphatic heterocycles. The van der Waals surface area contributed by atoms with Crippen LogP contribution in [0.4, 0.5) is 0 Å². The van der Waals surface area contributed by atoms with E-state index < -0.39 is 6.04 Å². The number of para-hydroxylation sites is 1. The molecule has 0 heterocycles. The molecule has 31 heavy (non-hydrogen) atoms. The van der Waals surface area contributed by atoms with Crippen LogP contribution in [0, 0.1) is 0 Å². The zero-order valence-corrected chi connectivity index (χ0v) is 19.2. The van der Waals surface area contributed by atoms with Crippen molar-refractivity contribution in [2.75, 3.05) is 6.61 Å². The highest BCUT2D eigenvalue weighted by Gasteiger charge is 2.31. The molecule has 7 heteroatoms. The van der Waals surface area contributed by atoms with Crippen molar-refractivity contribution in [1.29, 1.82) is 0 Å². The molecule has 3 rings (SSSR count). The maximum Gasteiger partial charge on any atom is 0.261 e. The highest BCUT2D eigenvalue weighted by Crippen LogP contribution is 2.24. The summed E-state index contributed by atoms with van der Waals surface area (Å²) < 4.78 is 5.67. The maximum atomic E-state index is 13.2. The first kappa shape index (κ1) is 23.4. The molecular formula is C24H28Cl2N2O3. The molecule has 1 N–H and O–H groups in total. The van der Waals surface area contributed by atoms with Crippen LogP contribution in [0.15, 0.2) is 48.5 Å². The van der Waals surface area contributed by atoms with Gasteiger partial charge < -0.3 is 15.0 Å². The van der Waals surface area contributed by atoms with Crippen molar-refractivity contribution in [3.63, 3.8) is 0 Å². The van der Waals surface area contributed by atoms with Gasteiger partial charge in [0.2, 0.25) is 5.91 Å². The van der Waals surface area contributed by atoms with Crippen molar-refractivity contribution in [2.24, 2.45) is 0 Å². The van der Waals surface area contributed by atoms with Gasteiger partial charge >= 0.3 is 0 Å². The topological polar surface area (TPSA) is 58.6 Å². The Kier molecular flexibility index (Phi) is 8.61. The van der Waals surface area contributed by atoms with E-state index in [9.17, 15) is 9.59 Å². The molecule has 2 amide bonds. The number of hydrogen-bond donors (Lipinski definition) is 1. The normalized spacial score (nSPS) is 14.8. The smallest absolute Gasteiger partial charge is 0.261 e. The number of nitrogens with zero attached hydrogens (tertiary/aromatic N) is 1. The SMILES string of the molecule is CC[C@@H](C(=O)NC1CCCC1)N(Cc1ccc(Cl)c(Cl)c1)C(=O)COc1ccccc1. The zero-order valence-electron chi connectivity index (χ0n) is 17.7. The number of ether oxygens (including phenoxy) is 1. The zero-order chi connectivity index (χ0) is 22.2. The number of halogens is 2. The lowest BCUT2D eigenvalue weighted by Crippen LogP contribution is -2.52. The molecule has 1 saturated carbocycles. The first-order valence-electron chi connectivity index (χ1n) is 10.7. The summed E-state index contributed by atoms with van der Waals surface area (Å²) in [7, 11) is 0. The third-order valence-electron chi connectivity index (χ3n) is 5.53. The van der Waals surface area contributed by atoms with Gasteiger partial charge in [-0.2, -0.15) is 0 Å². The Morgan fingerprint density at radius 2 is 1.81 bits per heavy atom. The number of rotatable bonds is 9. The second-order valence-electron chi connectivity index (χ2n) is 7.79. The number of carbonyl (C=O) groups is 2. The lowest BCUT2D eigenvalue weighted by atomic mass is 10.1. The van der Waals surface area contributed by atoms with E-state index in [1.807, 2.05) is 31.2 Å². The van der Waals surface area contributed by atoms with E-state index in [2.05, 4.69) is 5.32 Å². The minimum absolute atomic E-state index is 0.123. The summed E-state index contributed by atoms with van der Waals surface area (Å²) in [5.41, 5.74) is 0.801. The molecule has 2 aromatic rings. The van der Waals surface area contributed by atoms with Gasteiger partial charge in [0.15, 0.2) is 6.61 Å². The quantitative estimate of drug-likeness (QED) is 0.554. The Morgan fingerprint density at radius 1 is 1.10 bits per heavy atom. The van der Waals surface area contributed by atoms with Gasteiger partial charge in [0.1, 0.15) is 11.8 Å². The lowest BCUT2D eigenvalue weighted by Gasteiger charge is -2.31. The van der Waals surface area contributed by atoms with Crippen LogP contribution in [-0.4, -0.2) is 35.4 Å². The van der Waals surface area contributed by atoms with E-state index in [1.165, 1.54) is 0 Å². The average Bonchev–Trinajstić information content (AvgIpc) is 3.28. The van der Waals surface area contributed by atoms with Crippen molar-refractivity contribution < 1.29 is 14.3 Å². The van der Waals surface area contributed by atoms with Gasteiger partial charge in [-0.25, -0.2) is 0 Å². The average molecular weight is 463 g/mol. The highest BCUT2D eigenvalue weighted by atomic mass is 35.5. The summed E-state index contributed by atoms with van der Waals surface area (Å²) in [6.45, 7) is 2.00. The van der Waals surface area contributed by atoms with Crippen molar-refractivity contribution in [3.05, 3.63) is 64.1 Å². The molecule has 166 valence electrons. The fourth-order valence-electron chi connectivity index (χ4n) is 3.87. The summed E-state index contributed by atoms with van der Waals surface area (Å²) in [6.07, 6.45) is 4.72. The molecule has 0 bridgehead atoms. The Labute approximate surface area is 193 Å². The van der Waals surface area contributed by atoms with E-state index in [1.54, 1.807) is 29.2 Å². The van der Waals surface area contributed by atoms with Crippen molar-refractivity contribution in [3.8, 4) is 5.75 Å².